The van der Waals surface area contributed by atoms with Crippen molar-refractivity contribution in [3.8, 4) is 16.9 Å². The van der Waals surface area contributed by atoms with Gasteiger partial charge in [0.15, 0.2) is 0 Å². The minimum Gasteiger partial charge on any atom is -0.497 e. The summed E-state index contributed by atoms with van der Waals surface area (Å²) in [6.45, 7) is 1.76. The number of halogens is 3. The van der Waals surface area contributed by atoms with Crippen molar-refractivity contribution in [3.63, 3.8) is 0 Å². The number of methoxy groups -OCH3 is 2. The zero-order valence-electron chi connectivity index (χ0n) is 24.0. The molecule has 11 heteroatoms. The van der Waals surface area contributed by atoms with Crippen molar-refractivity contribution in [3.05, 3.63) is 110 Å². The maximum atomic E-state index is 14.4. The van der Waals surface area contributed by atoms with Crippen molar-refractivity contribution in [2.45, 2.75) is 26.6 Å². The van der Waals surface area contributed by atoms with E-state index in [0.29, 0.717) is 22.0 Å². The quantitative estimate of drug-likeness (QED) is 0.178. The number of esters is 2. The van der Waals surface area contributed by atoms with Crippen molar-refractivity contribution >= 4 is 64.1 Å². The summed E-state index contributed by atoms with van der Waals surface area (Å²) in [7, 11) is 2.84. The van der Waals surface area contributed by atoms with Crippen molar-refractivity contribution in [2.24, 2.45) is 0 Å². The molecule has 0 fully saturated rings. The highest BCUT2D eigenvalue weighted by Gasteiger charge is 2.36. The fourth-order valence-corrected chi connectivity index (χ4v) is 5.97. The molecule has 1 aliphatic heterocycles. The number of urea groups is 1. The third-order valence-electron chi connectivity index (χ3n) is 7.14. The first-order valence-electron chi connectivity index (χ1n) is 13.4. The van der Waals surface area contributed by atoms with Gasteiger partial charge in [0.05, 0.1) is 47.7 Å². The number of anilines is 2. The van der Waals surface area contributed by atoms with Crippen molar-refractivity contribution in [1.82, 2.24) is 4.90 Å². The third-order valence-corrected chi connectivity index (χ3v) is 8.04. The second kappa shape index (κ2) is 13.2. The molecular weight excluding hydrogens is 627 g/mol. The molecule has 44 heavy (non-hydrogen) atoms. The predicted molar refractivity (Wildman–Crippen MR) is 170 cm³/mol. The number of benzene rings is 4. The molecule has 0 atom stereocenters. The Balaban J connectivity index is 1.74. The van der Waals surface area contributed by atoms with Crippen LogP contribution >= 0.6 is 34.8 Å². The molecule has 1 heterocycles. The van der Waals surface area contributed by atoms with Gasteiger partial charge in [-0.25, -0.2) is 9.59 Å². The lowest BCUT2D eigenvalue weighted by Crippen LogP contribution is -2.44. The Morgan fingerprint density at radius 1 is 0.841 bits per heavy atom. The van der Waals surface area contributed by atoms with Gasteiger partial charge in [-0.2, -0.15) is 0 Å². The molecule has 1 aliphatic rings. The molecule has 0 saturated carbocycles. The number of nitrogens with zero attached hydrogens (tertiary/aromatic N) is 2. The Morgan fingerprint density at radius 2 is 1.52 bits per heavy atom. The Kier molecular flexibility index (Phi) is 9.34. The second-order valence-electron chi connectivity index (χ2n) is 10.0. The summed E-state index contributed by atoms with van der Waals surface area (Å²) in [5.41, 5.74) is 4.52. The van der Waals surface area contributed by atoms with Crippen LogP contribution in [0.3, 0.4) is 0 Å². The lowest BCUT2D eigenvalue weighted by molar-refractivity contribution is -0.142. The molecule has 0 bridgehead atoms. The van der Waals surface area contributed by atoms with Crippen LogP contribution in [0.2, 0.25) is 15.1 Å². The number of rotatable bonds is 8. The van der Waals surface area contributed by atoms with E-state index < -0.39 is 18.0 Å². The normalized spacial score (nSPS) is 12.5. The molecule has 0 radical (unpaired) electrons. The van der Waals surface area contributed by atoms with Gasteiger partial charge in [0.1, 0.15) is 12.4 Å². The molecule has 226 valence electrons. The first-order chi connectivity index (χ1) is 21.1. The number of ether oxygens (including phenoxy) is 3. The van der Waals surface area contributed by atoms with Crippen molar-refractivity contribution in [2.75, 3.05) is 19.1 Å². The highest BCUT2D eigenvalue weighted by Crippen LogP contribution is 2.47. The Morgan fingerprint density at radius 3 is 2.14 bits per heavy atom. The summed E-state index contributed by atoms with van der Waals surface area (Å²) in [6.07, 6.45) is 0. The van der Waals surface area contributed by atoms with Gasteiger partial charge in [-0.1, -0.05) is 65.1 Å². The summed E-state index contributed by atoms with van der Waals surface area (Å²) in [5, 5.41) is 0.629. The van der Waals surface area contributed by atoms with E-state index in [1.165, 1.54) is 31.1 Å². The van der Waals surface area contributed by atoms with Crippen LogP contribution in [-0.2, 0) is 34.0 Å². The number of amides is 2. The summed E-state index contributed by atoms with van der Waals surface area (Å²) in [5.74, 6) is -0.391. The minimum atomic E-state index is -0.628. The standard InChI is InChI=1S/C33H27Cl3N2O6/c1-19(39)44-18-21-12-25(24-6-4-5-7-27(24)34)26-17-37(16-20-8-10-23(42-2)11-9-20)33(41)38(30(26)13-21)31-28(35)14-22(15-29(31)36)32(40)43-3/h4-15H,16-18H2,1-3H3. The van der Waals surface area contributed by atoms with Gasteiger partial charge in [-0.05, 0) is 59.2 Å². The van der Waals surface area contributed by atoms with E-state index in [9.17, 15) is 14.4 Å². The smallest absolute Gasteiger partial charge is 0.337 e. The zero-order valence-corrected chi connectivity index (χ0v) is 26.3. The van der Waals surface area contributed by atoms with E-state index in [2.05, 4.69) is 0 Å². The predicted octanol–water partition coefficient (Wildman–Crippen LogP) is 8.45. The zero-order chi connectivity index (χ0) is 31.5. The van der Waals surface area contributed by atoms with Crippen LogP contribution < -0.4 is 9.64 Å². The molecular formula is C33H27Cl3N2O6. The van der Waals surface area contributed by atoms with E-state index in [1.54, 1.807) is 24.1 Å². The van der Waals surface area contributed by atoms with Crippen molar-refractivity contribution < 1.29 is 28.6 Å². The summed E-state index contributed by atoms with van der Waals surface area (Å²) >= 11 is 20.2. The molecule has 2 amide bonds. The first-order valence-corrected chi connectivity index (χ1v) is 14.6. The van der Waals surface area contributed by atoms with Crippen LogP contribution in [0, 0.1) is 0 Å². The fraction of sp³-hybridized carbons (Fsp3) is 0.182. The van der Waals surface area contributed by atoms with E-state index in [4.69, 9.17) is 49.0 Å². The summed E-state index contributed by atoms with van der Waals surface area (Å²) in [4.78, 5) is 41.5. The maximum Gasteiger partial charge on any atom is 0.337 e. The second-order valence-corrected chi connectivity index (χ2v) is 11.2. The number of hydrogen-bond acceptors (Lipinski definition) is 6. The minimum absolute atomic E-state index is 0.0413. The topological polar surface area (TPSA) is 85.4 Å². The number of carbonyl (C=O) groups excluding carboxylic acids is 3. The molecule has 0 N–H and O–H groups in total. The van der Waals surface area contributed by atoms with Crippen LogP contribution in [-0.4, -0.2) is 37.1 Å². The monoisotopic (exact) mass is 652 g/mol. The molecule has 0 aromatic heterocycles. The largest absolute Gasteiger partial charge is 0.497 e. The van der Waals surface area contributed by atoms with Crippen LogP contribution in [0.1, 0.15) is 34.0 Å². The SMILES string of the molecule is COC(=O)c1cc(Cl)c(N2C(=O)N(Cc3ccc(OC)cc3)Cc3c(-c4ccccc4Cl)cc(COC(C)=O)cc32)c(Cl)c1. The molecule has 0 spiro atoms. The van der Waals surface area contributed by atoms with E-state index in [0.717, 1.165) is 22.3 Å². The molecule has 4 aromatic rings. The highest BCUT2D eigenvalue weighted by molar-refractivity contribution is 6.41. The summed E-state index contributed by atoms with van der Waals surface area (Å²) < 4.78 is 15.5. The lowest BCUT2D eigenvalue weighted by Gasteiger charge is -2.39. The summed E-state index contributed by atoms with van der Waals surface area (Å²) in [6, 6.07) is 20.8. The lowest BCUT2D eigenvalue weighted by atomic mass is 9.93. The van der Waals surface area contributed by atoms with Gasteiger partial charge in [0.2, 0.25) is 0 Å². The van der Waals surface area contributed by atoms with Gasteiger partial charge < -0.3 is 19.1 Å². The Labute approximate surface area is 269 Å². The van der Waals surface area contributed by atoms with Crippen LogP contribution in [0.25, 0.3) is 11.1 Å². The van der Waals surface area contributed by atoms with Crippen LogP contribution in [0.5, 0.6) is 5.75 Å². The van der Waals surface area contributed by atoms with Crippen LogP contribution in [0.4, 0.5) is 16.2 Å². The van der Waals surface area contributed by atoms with Gasteiger partial charge in [0.25, 0.3) is 0 Å². The average molecular weight is 654 g/mol. The number of fused-ring (bicyclic) bond motifs is 1. The van der Waals surface area contributed by atoms with Gasteiger partial charge in [-0.15, -0.1) is 0 Å². The maximum absolute atomic E-state index is 14.4. The van der Waals surface area contributed by atoms with E-state index in [-0.39, 0.29) is 41.0 Å². The first kappa shape index (κ1) is 31.2. The van der Waals surface area contributed by atoms with Crippen LogP contribution in [0.15, 0.2) is 72.8 Å². The Bertz CT molecular complexity index is 1740. The van der Waals surface area contributed by atoms with Gasteiger partial charge in [-0.3, -0.25) is 9.69 Å². The molecule has 0 aliphatic carbocycles. The highest BCUT2D eigenvalue weighted by atomic mass is 35.5. The third kappa shape index (κ3) is 6.33. The van der Waals surface area contributed by atoms with Crippen molar-refractivity contribution in [1.29, 1.82) is 0 Å². The van der Waals surface area contributed by atoms with Gasteiger partial charge in [0, 0.05) is 29.6 Å². The van der Waals surface area contributed by atoms with E-state index >= 15 is 0 Å². The molecule has 0 saturated heterocycles. The average Bonchev–Trinajstić information content (AvgIpc) is 3.01. The molecule has 0 unspecified atom stereocenters. The fourth-order valence-electron chi connectivity index (χ4n) is 5.08. The molecule has 5 rings (SSSR count). The Hall–Kier alpha value is -4.24. The number of carbonyl (C=O) groups is 3. The number of hydrogen-bond donors (Lipinski definition) is 0. The molecule has 8 nitrogen and oxygen atoms in total. The van der Waals surface area contributed by atoms with E-state index in [1.807, 2.05) is 48.5 Å². The van der Waals surface area contributed by atoms with Gasteiger partial charge >= 0.3 is 18.0 Å². The molecule has 4 aromatic carbocycles.